The highest BCUT2D eigenvalue weighted by Gasteiger charge is 2.25. The van der Waals surface area contributed by atoms with E-state index < -0.39 is 0 Å². The molecule has 1 aliphatic rings. The minimum Gasteiger partial charge on any atom is -0.491 e. The molecule has 1 fully saturated rings. The van der Waals surface area contributed by atoms with Crippen LogP contribution in [0.2, 0.25) is 0 Å². The van der Waals surface area contributed by atoms with Crippen molar-refractivity contribution in [3.63, 3.8) is 0 Å². The fraction of sp³-hybridized carbons (Fsp3) is 0.650. The lowest BCUT2D eigenvalue weighted by atomic mass is 10.1. The fourth-order valence-corrected chi connectivity index (χ4v) is 3.46. The second-order valence-corrected chi connectivity index (χ2v) is 6.69. The van der Waals surface area contributed by atoms with Gasteiger partial charge in [-0.3, -0.25) is 4.99 Å². The number of hydrogen-bond acceptors (Lipinski definition) is 3. The number of aliphatic imine (C=N–C) groups is 1. The molecule has 27 heavy (non-hydrogen) atoms. The van der Waals surface area contributed by atoms with E-state index >= 15 is 0 Å². The van der Waals surface area contributed by atoms with Gasteiger partial charge in [0.25, 0.3) is 0 Å². The van der Waals surface area contributed by atoms with E-state index in [1.807, 2.05) is 13.0 Å². The first-order chi connectivity index (χ1) is 12.6. The molecule has 1 N–H and O–H groups in total. The predicted molar refractivity (Wildman–Crippen MR) is 121 cm³/mol. The van der Waals surface area contributed by atoms with Gasteiger partial charge in [-0.25, -0.2) is 4.39 Å². The van der Waals surface area contributed by atoms with Crippen LogP contribution in [-0.4, -0.2) is 62.1 Å². The van der Waals surface area contributed by atoms with Crippen molar-refractivity contribution in [2.24, 2.45) is 10.9 Å². The summed E-state index contributed by atoms with van der Waals surface area (Å²) in [4.78, 5) is 9.19. The normalized spacial score (nSPS) is 17.2. The average molecular weight is 492 g/mol. The number of benzene rings is 1. The van der Waals surface area contributed by atoms with Crippen LogP contribution in [0.3, 0.4) is 0 Å². The molecule has 1 aromatic carbocycles. The van der Waals surface area contributed by atoms with Gasteiger partial charge < -0.3 is 19.9 Å². The van der Waals surface area contributed by atoms with Crippen molar-refractivity contribution >= 4 is 29.9 Å². The zero-order valence-electron chi connectivity index (χ0n) is 17.0. The van der Waals surface area contributed by atoms with Gasteiger partial charge >= 0.3 is 0 Å². The van der Waals surface area contributed by atoms with Crippen LogP contribution >= 0.6 is 24.0 Å². The molecule has 0 spiro atoms. The lowest BCUT2D eigenvalue weighted by molar-refractivity contribution is 0.255. The highest BCUT2D eigenvalue weighted by atomic mass is 127. The summed E-state index contributed by atoms with van der Waals surface area (Å²) in [5, 5.41) is 3.36. The zero-order chi connectivity index (χ0) is 18.9. The number of halogens is 2. The fourth-order valence-electron chi connectivity index (χ4n) is 3.46. The average Bonchev–Trinajstić information content (AvgIpc) is 3.11. The van der Waals surface area contributed by atoms with E-state index in [2.05, 4.69) is 34.0 Å². The maximum absolute atomic E-state index is 14.0. The first-order valence-electron chi connectivity index (χ1n) is 9.70. The third-order valence-corrected chi connectivity index (χ3v) is 4.95. The van der Waals surface area contributed by atoms with Crippen LogP contribution in [0.1, 0.15) is 32.8 Å². The van der Waals surface area contributed by atoms with Gasteiger partial charge in [0.1, 0.15) is 0 Å². The van der Waals surface area contributed by atoms with Crippen LogP contribution in [0.5, 0.6) is 5.75 Å². The van der Waals surface area contributed by atoms with E-state index in [0.29, 0.717) is 24.8 Å². The summed E-state index contributed by atoms with van der Waals surface area (Å²) in [6.45, 7) is 12.7. The van der Waals surface area contributed by atoms with Crippen molar-refractivity contribution in [3.05, 3.63) is 29.6 Å². The Morgan fingerprint density at radius 3 is 2.67 bits per heavy atom. The van der Waals surface area contributed by atoms with Crippen molar-refractivity contribution in [2.75, 3.05) is 46.4 Å². The molecule has 154 valence electrons. The monoisotopic (exact) mass is 492 g/mol. The van der Waals surface area contributed by atoms with Crippen molar-refractivity contribution in [1.82, 2.24) is 15.1 Å². The summed E-state index contributed by atoms with van der Waals surface area (Å²) in [7, 11) is 1.80. The molecular weight excluding hydrogens is 458 g/mol. The molecule has 2 rings (SSSR count). The lowest BCUT2D eigenvalue weighted by Crippen LogP contribution is -2.40. The molecule has 0 amide bonds. The second kappa shape index (κ2) is 12.4. The molecule has 0 bridgehead atoms. The quantitative estimate of drug-likeness (QED) is 0.342. The standard InChI is InChI=1S/C20H33FN4O.HI/c1-5-24(6-2)14-17-10-11-25(15-17)20(22-4)23-13-16-8-9-19(26-7-3)18(21)12-16;/h8-9,12,17H,5-7,10-11,13-15H2,1-4H3,(H,22,23);1H. The topological polar surface area (TPSA) is 40.1 Å². The minimum atomic E-state index is -0.318. The van der Waals surface area contributed by atoms with E-state index in [9.17, 15) is 4.39 Å². The summed E-state index contributed by atoms with van der Waals surface area (Å²) in [6, 6.07) is 5.11. The molecule has 0 aliphatic carbocycles. The molecule has 1 saturated heterocycles. The van der Waals surface area contributed by atoms with Gasteiger partial charge in [-0.2, -0.15) is 0 Å². The maximum Gasteiger partial charge on any atom is 0.193 e. The SMILES string of the molecule is CCOc1ccc(CNC(=NC)N2CCC(CN(CC)CC)C2)cc1F.I. The molecule has 1 aromatic rings. The smallest absolute Gasteiger partial charge is 0.193 e. The van der Waals surface area contributed by atoms with Crippen LogP contribution in [0.4, 0.5) is 4.39 Å². The van der Waals surface area contributed by atoms with Gasteiger partial charge in [0.15, 0.2) is 17.5 Å². The molecule has 1 aliphatic heterocycles. The van der Waals surface area contributed by atoms with Gasteiger partial charge in [-0.1, -0.05) is 19.9 Å². The first-order valence-corrected chi connectivity index (χ1v) is 9.70. The van der Waals surface area contributed by atoms with Gasteiger partial charge in [-0.15, -0.1) is 24.0 Å². The van der Waals surface area contributed by atoms with Gasteiger partial charge in [0, 0.05) is 33.2 Å². The molecule has 1 unspecified atom stereocenters. The van der Waals surface area contributed by atoms with Crippen LogP contribution < -0.4 is 10.1 Å². The van der Waals surface area contributed by atoms with Crippen molar-refractivity contribution in [3.8, 4) is 5.75 Å². The van der Waals surface area contributed by atoms with E-state index in [4.69, 9.17) is 4.74 Å². The molecule has 1 heterocycles. The largest absolute Gasteiger partial charge is 0.491 e. The van der Waals surface area contributed by atoms with E-state index in [-0.39, 0.29) is 29.8 Å². The lowest BCUT2D eigenvalue weighted by Gasteiger charge is -2.24. The Kier molecular flexibility index (Phi) is 11.0. The number of hydrogen-bond donors (Lipinski definition) is 1. The molecule has 1 atom stereocenters. The van der Waals surface area contributed by atoms with Crippen LogP contribution in [0, 0.1) is 11.7 Å². The Labute approximate surface area is 180 Å². The van der Waals surface area contributed by atoms with Gasteiger partial charge in [0.2, 0.25) is 0 Å². The predicted octanol–water partition coefficient (Wildman–Crippen LogP) is 3.58. The zero-order valence-corrected chi connectivity index (χ0v) is 19.3. The molecular formula is C20H34FIN4O. The summed E-state index contributed by atoms with van der Waals surface area (Å²) < 4.78 is 19.2. The third kappa shape index (κ3) is 7.10. The van der Waals surface area contributed by atoms with Crippen molar-refractivity contribution < 1.29 is 9.13 Å². The van der Waals surface area contributed by atoms with Crippen molar-refractivity contribution in [2.45, 2.75) is 33.7 Å². The van der Waals surface area contributed by atoms with Crippen LogP contribution in [-0.2, 0) is 6.54 Å². The molecule has 0 aromatic heterocycles. The Morgan fingerprint density at radius 2 is 2.07 bits per heavy atom. The highest BCUT2D eigenvalue weighted by molar-refractivity contribution is 14.0. The molecule has 5 nitrogen and oxygen atoms in total. The minimum absolute atomic E-state index is 0. The molecule has 0 saturated carbocycles. The third-order valence-electron chi connectivity index (χ3n) is 4.95. The number of likely N-dealkylation sites (tertiary alicyclic amines) is 1. The van der Waals surface area contributed by atoms with Crippen LogP contribution in [0.15, 0.2) is 23.2 Å². The summed E-state index contributed by atoms with van der Waals surface area (Å²) >= 11 is 0. The summed E-state index contributed by atoms with van der Waals surface area (Å²) in [6.07, 6.45) is 1.19. The maximum atomic E-state index is 14.0. The number of nitrogens with zero attached hydrogens (tertiary/aromatic N) is 3. The van der Waals surface area contributed by atoms with E-state index in [0.717, 1.165) is 44.2 Å². The number of rotatable bonds is 8. The van der Waals surface area contributed by atoms with Crippen LogP contribution in [0.25, 0.3) is 0 Å². The van der Waals surface area contributed by atoms with Crippen molar-refractivity contribution in [1.29, 1.82) is 0 Å². The number of guanidine groups is 1. The molecule has 7 heteroatoms. The first kappa shape index (κ1) is 23.9. The van der Waals surface area contributed by atoms with Gasteiger partial charge in [0.05, 0.1) is 6.61 Å². The Morgan fingerprint density at radius 1 is 1.33 bits per heavy atom. The second-order valence-electron chi connectivity index (χ2n) is 6.69. The Hall–Kier alpha value is -1.09. The van der Waals surface area contributed by atoms with E-state index in [1.54, 1.807) is 13.1 Å². The van der Waals surface area contributed by atoms with Gasteiger partial charge in [-0.05, 0) is 50.0 Å². The number of ether oxygens (including phenoxy) is 1. The van der Waals surface area contributed by atoms with E-state index in [1.165, 1.54) is 12.5 Å². The Bertz CT molecular complexity index is 595. The summed E-state index contributed by atoms with van der Waals surface area (Å²) in [5.74, 6) is 1.55. The summed E-state index contributed by atoms with van der Waals surface area (Å²) in [5.41, 5.74) is 0.881. The number of nitrogens with one attached hydrogen (secondary N) is 1. The Balaban J connectivity index is 0.00000364. The molecule has 0 radical (unpaired) electrons. The highest BCUT2D eigenvalue weighted by Crippen LogP contribution is 2.19.